The van der Waals surface area contributed by atoms with E-state index in [1.165, 1.54) is 12.1 Å². The summed E-state index contributed by atoms with van der Waals surface area (Å²) in [4.78, 5) is 11.6. The summed E-state index contributed by atoms with van der Waals surface area (Å²) < 4.78 is 18.3. The van der Waals surface area contributed by atoms with Gasteiger partial charge in [0, 0.05) is 6.42 Å². The molecule has 1 aliphatic rings. The van der Waals surface area contributed by atoms with Crippen LogP contribution >= 0.6 is 0 Å². The second-order valence-corrected chi connectivity index (χ2v) is 3.01. The van der Waals surface area contributed by atoms with Gasteiger partial charge in [-0.2, -0.15) is 0 Å². The maximum absolute atomic E-state index is 13.2. The number of hydrogen-bond acceptors (Lipinski definition) is 2. The van der Waals surface area contributed by atoms with E-state index in [0.29, 0.717) is 6.61 Å². The Bertz CT molecular complexity index is 396. The lowest BCUT2D eigenvalue weighted by Crippen LogP contribution is -2.06. The van der Waals surface area contributed by atoms with Crippen LogP contribution in [0.5, 0.6) is 0 Å². The Morgan fingerprint density at radius 2 is 2.14 bits per heavy atom. The van der Waals surface area contributed by atoms with Gasteiger partial charge in [-0.25, -0.2) is 4.39 Å². The molecule has 0 amide bonds. The number of carbonyl (C=O) groups is 1. The van der Waals surface area contributed by atoms with Crippen molar-refractivity contribution in [2.45, 2.75) is 6.42 Å². The van der Waals surface area contributed by atoms with Gasteiger partial charge in [0.1, 0.15) is 5.82 Å². The number of carbonyl (C=O) groups excluding carboxylic acids is 1. The first-order valence-corrected chi connectivity index (χ1v) is 4.41. The minimum atomic E-state index is -0.506. The molecule has 0 aliphatic carbocycles. The average Bonchev–Trinajstić information content (AvgIpc) is 2.70. The maximum atomic E-state index is 13.2. The first-order valence-electron chi connectivity index (χ1n) is 4.41. The van der Waals surface area contributed by atoms with E-state index in [1.807, 2.05) is 0 Å². The van der Waals surface area contributed by atoms with Crippen LogP contribution in [0.2, 0.25) is 0 Å². The van der Waals surface area contributed by atoms with E-state index >= 15 is 0 Å². The second-order valence-electron chi connectivity index (χ2n) is 3.01. The monoisotopic (exact) mass is 192 g/mol. The SMILES string of the molecule is O=C(C1=CCCO1)c1ccccc1F. The summed E-state index contributed by atoms with van der Waals surface area (Å²) in [5.41, 5.74) is 0.0700. The Hall–Kier alpha value is -1.64. The van der Waals surface area contributed by atoms with Gasteiger partial charge in [-0.1, -0.05) is 12.1 Å². The lowest BCUT2D eigenvalue weighted by atomic mass is 10.1. The molecule has 0 fully saturated rings. The van der Waals surface area contributed by atoms with Crippen molar-refractivity contribution in [2.75, 3.05) is 6.61 Å². The van der Waals surface area contributed by atoms with Crippen molar-refractivity contribution < 1.29 is 13.9 Å². The summed E-state index contributed by atoms with van der Waals surface area (Å²) in [5, 5.41) is 0. The molecule has 2 nitrogen and oxygen atoms in total. The van der Waals surface area contributed by atoms with Crippen molar-refractivity contribution >= 4 is 5.78 Å². The van der Waals surface area contributed by atoms with Crippen molar-refractivity contribution in [1.29, 1.82) is 0 Å². The van der Waals surface area contributed by atoms with Crippen molar-refractivity contribution in [3.63, 3.8) is 0 Å². The Morgan fingerprint density at radius 3 is 2.79 bits per heavy atom. The number of ether oxygens (including phenoxy) is 1. The van der Waals surface area contributed by atoms with Crippen LogP contribution in [-0.4, -0.2) is 12.4 Å². The summed E-state index contributed by atoms with van der Waals surface area (Å²) in [6, 6.07) is 5.91. The summed E-state index contributed by atoms with van der Waals surface area (Å²) in [7, 11) is 0. The topological polar surface area (TPSA) is 26.3 Å². The van der Waals surface area contributed by atoms with Crippen LogP contribution in [0.1, 0.15) is 16.8 Å². The molecule has 0 spiro atoms. The lowest BCUT2D eigenvalue weighted by Gasteiger charge is -2.03. The molecule has 0 unspecified atom stereocenters. The highest BCUT2D eigenvalue weighted by Gasteiger charge is 2.19. The molecule has 0 saturated carbocycles. The van der Waals surface area contributed by atoms with Crippen molar-refractivity contribution in [3.05, 3.63) is 47.5 Å². The van der Waals surface area contributed by atoms with Crippen LogP contribution < -0.4 is 0 Å². The largest absolute Gasteiger partial charge is 0.489 e. The van der Waals surface area contributed by atoms with Crippen LogP contribution in [0, 0.1) is 5.82 Å². The van der Waals surface area contributed by atoms with E-state index in [0.717, 1.165) is 6.42 Å². The quantitative estimate of drug-likeness (QED) is 0.672. The van der Waals surface area contributed by atoms with Crippen LogP contribution in [0.4, 0.5) is 4.39 Å². The Kier molecular flexibility index (Phi) is 2.31. The predicted molar refractivity (Wildman–Crippen MR) is 49.4 cm³/mol. The molecule has 0 atom stereocenters. The molecule has 1 aliphatic heterocycles. The Labute approximate surface area is 81.0 Å². The molecule has 0 N–H and O–H groups in total. The maximum Gasteiger partial charge on any atom is 0.230 e. The second kappa shape index (κ2) is 3.62. The van der Waals surface area contributed by atoms with E-state index in [-0.39, 0.29) is 17.1 Å². The molecule has 1 heterocycles. The molecule has 14 heavy (non-hydrogen) atoms. The summed E-state index contributed by atoms with van der Waals surface area (Å²) >= 11 is 0. The van der Waals surface area contributed by atoms with E-state index in [4.69, 9.17) is 4.74 Å². The van der Waals surface area contributed by atoms with Crippen LogP contribution in [0.25, 0.3) is 0 Å². The number of allylic oxidation sites excluding steroid dienone is 1. The molecule has 3 heteroatoms. The van der Waals surface area contributed by atoms with E-state index < -0.39 is 5.82 Å². The number of hydrogen-bond donors (Lipinski definition) is 0. The van der Waals surface area contributed by atoms with E-state index in [9.17, 15) is 9.18 Å². The molecule has 0 aromatic heterocycles. The average molecular weight is 192 g/mol. The third-order valence-corrected chi connectivity index (χ3v) is 2.05. The molecular weight excluding hydrogens is 183 g/mol. The Morgan fingerprint density at radius 1 is 1.36 bits per heavy atom. The number of rotatable bonds is 2. The standard InChI is InChI=1S/C11H9FO2/c12-9-5-2-1-4-8(9)11(13)10-6-3-7-14-10/h1-2,4-6H,3,7H2. The number of ketones is 1. The highest BCUT2D eigenvalue weighted by Crippen LogP contribution is 2.17. The van der Waals surface area contributed by atoms with Gasteiger partial charge in [0.25, 0.3) is 0 Å². The fourth-order valence-electron chi connectivity index (χ4n) is 1.35. The smallest absolute Gasteiger partial charge is 0.230 e. The molecule has 0 bridgehead atoms. The predicted octanol–water partition coefficient (Wildman–Crippen LogP) is 2.31. The molecule has 72 valence electrons. The minimum absolute atomic E-state index is 0.0700. The minimum Gasteiger partial charge on any atom is -0.489 e. The van der Waals surface area contributed by atoms with Crippen molar-refractivity contribution in [3.8, 4) is 0 Å². The molecule has 1 aromatic rings. The summed E-state index contributed by atoms with van der Waals surface area (Å²) in [6.07, 6.45) is 2.41. The van der Waals surface area contributed by atoms with Gasteiger partial charge < -0.3 is 4.74 Å². The van der Waals surface area contributed by atoms with Gasteiger partial charge >= 0.3 is 0 Å². The molecule has 2 rings (SSSR count). The molecule has 0 saturated heterocycles. The van der Waals surface area contributed by atoms with Crippen LogP contribution in [0.3, 0.4) is 0 Å². The summed E-state index contributed by atoms with van der Waals surface area (Å²) in [6.45, 7) is 0.509. The first kappa shape index (κ1) is 8.94. The Balaban J connectivity index is 2.31. The highest BCUT2D eigenvalue weighted by atomic mass is 19.1. The third-order valence-electron chi connectivity index (χ3n) is 2.05. The molecule has 0 radical (unpaired) electrons. The zero-order chi connectivity index (χ0) is 9.97. The van der Waals surface area contributed by atoms with Gasteiger partial charge in [-0.3, -0.25) is 4.79 Å². The van der Waals surface area contributed by atoms with Gasteiger partial charge in [0.2, 0.25) is 5.78 Å². The van der Waals surface area contributed by atoms with Gasteiger partial charge in [0.15, 0.2) is 5.76 Å². The molecular formula is C11H9FO2. The fraction of sp³-hybridized carbons (Fsp3) is 0.182. The van der Waals surface area contributed by atoms with Crippen molar-refractivity contribution in [1.82, 2.24) is 0 Å². The van der Waals surface area contributed by atoms with Crippen LogP contribution in [0.15, 0.2) is 36.1 Å². The van der Waals surface area contributed by atoms with Gasteiger partial charge in [0.05, 0.1) is 12.2 Å². The van der Waals surface area contributed by atoms with Gasteiger partial charge in [-0.05, 0) is 18.2 Å². The van der Waals surface area contributed by atoms with Gasteiger partial charge in [-0.15, -0.1) is 0 Å². The third kappa shape index (κ3) is 1.53. The summed E-state index contributed by atoms with van der Waals surface area (Å²) in [5.74, 6) is -0.621. The van der Waals surface area contributed by atoms with Crippen molar-refractivity contribution in [2.24, 2.45) is 0 Å². The first-order chi connectivity index (χ1) is 6.79. The normalized spacial score (nSPS) is 14.8. The van der Waals surface area contributed by atoms with E-state index in [1.54, 1.807) is 18.2 Å². The van der Waals surface area contributed by atoms with E-state index in [2.05, 4.69) is 0 Å². The van der Waals surface area contributed by atoms with Crippen LogP contribution in [-0.2, 0) is 4.74 Å². The number of Topliss-reactive ketones (excluding diaryl/α,β-unsaturated/α-hetero) is 1. The number of benzene rings is 1. The lowest BCUT2D eigenvalue weighted by molar-refractivity contribution is 0.0938. The zero-order valence-electron chi connectivity index (χ0n) is 7.50. The fourth-order valence-corrected chi connectivity index (χ4v) is 1.35. The highest BCUT2D eigenvalue weighted by molar-refractivity contribution is 6.07. The zero-order valence-corrected chi connectivity index (χ0v) is 7.50. The molecule has 1 aromatic carbocycles. The number of halogens is 1.